The molecule has 0 bridgehead atoms. The molecule has 1 aliphatic rings. The number of amidine groups is 1. The first kappa shape index (κ1) is 10.1. The van der Waals surface area contributed by atoms with E-state index in [9.17, 15) is 0 Å². The van der Waals surface area contributed by atoms with Crippen molar-refractivity contribution in [3.05, 3.63) is 36.0 Å². The summed E-state index contributed by atoms with van der Waals surface area (Å²) in [5, 5.41) is 0.627. The maximum absolute atomic E-state index is 5.57. The highest BCUT2D eigenvalue weighted by atomic mass is 32.2. The van der Waals surface area contributed by atoms with E-state index in [1.807, 2.05) is 30.5 Å². The van der Waals surface area contributed by atoms with Crippen LogP contribution in [-0.2, 0) is 0 Å². The van der Waals surface area contributed by atoms with Gasteiger partial charge in [-0.3, -0.25) is 0 Å². The third-order valence-electron chi connectivity index (χ3n) is 2.16. The van der Waals surface area contributed by atoms with Gasteiger partial charge in [-0.15, -0.1) is 0 Å². The maximum atomic E-state index is 5.57. The van der Waals surface area contributed by atoms with Gasteiger partial charge in [-0.2, -0.15) is 0 Å². The Morgan fingerprint density at radius 1 is 1.47 bits per heavy atom. The minimum atomic E-state index is 0.627. The molecular weight excluding hydrogens is 208 g/mol. The van der Waals surface area contributed by atoms with Crippen LogP contribution in [0.2, 0.25) is 0 Å². The van der Waals surface area contributed by atoms with Gasteiger partial charge in [0.25, 0.3) is 0 Å². The highest BCUT2D eigenvalue weighted by Crippen LogP contribution is 2.25. The van der Waals surface area contributed by atoms with Crippen molar-refractivity contribution in [1.29, 1.82) is 0 Å². The molecule has 0 amide bonds. The predicted octanol–water partition coefficient (Wildman–Crippen LogP) is 2.10. The van der Waals surface area contributed by atoms with Gasteiger partial charge in [-0.25, -0.2) is 4.99 Å². The fraction of sp³-hybridized carbons (Fsp3) is 0.182. The number of thioether (sulfide) groups is 1. The maximum Gasteiger partial charge on any atom is 0.158 e. The second-order valence-corrected chi connectivity index (χ2v) is 4.14. The molecule has 1 aromatic rings. The molecule has 0 atom stereocenters. The largest absolute Gasteiger partial charge is 0.497 e. The minimum Gasteiger partial charge on any atom is -0.497 e. The molecule has 78 valence electrons. The number of hydrogen-bond donors (Lipinski definition) is 1. The van der Waals surface area contributed by atoms with Gasteiger partial charge in [0.15, 0.2) is 5.17 Å². The summed E-state index contributed by atoms with van der Waals surface area (Å²) in [5.74, 6) is 1.73. The molecule has 0 aromatic heterocycles. The summed E-state index contributed by atoms with van der Waals surface area (Å²) in [5.41, 5.74) is 7.89. The highest BCUT2D eigenvalue weighted by Gasteiger charge is 2.08. The third-order valence-corrected chi connectivity index (χ3v) is 3.02. The van der Waals surface area contributed by atoms with Gasteiger partial charge >= 0.3 is 0 Å². The van der Waals surface area contributed by atoms with E-state index < -0.39 is 0 Å². The second-order valence-electron chi connectivity index (χ2n) is 3.14. The molecule has 1 aromatic carbocycles. The van der Waals surface area contributed by atoms with Crippen LogP contribution < -0.4 is 10.5 Å². The molecule has 1 aliphatic heterocycles. The number of ether oxygens (including phenoxy) is 1. The summed E-state index contributed by atoms with van der Waals surface area (Å²) in [6.07, 6.45) is 1.82. The van der Waals surface area contributed by atoms with Crippen molar-refractivity contribution >= 4 is 22.5 Å². The zero-order valence-electron chi connectivity index (χ0n) is 8.43. The predicted molar refractivity (Wildman–Crippen MR) is 65.1 cm³/mol. The zero-order valence-corrected chi connectivity index (χ0v) is 9.25. The summed E-state index contributed by atoms with van der Waals surface area (Å²) in [4.78, 5) is 4.10. The topological polar surface area (TPSA) is 47.6 Å². The monoisotopic (exact) mass is 220 g/mol. The molecule has 0 saturated carbocycles. The number of rotatable bonds is 2. The highest BCUT2D eigenvalue weighted by molar-refractivity contribution is 8.14. The molecular formula is C11H12N2OS. The number of benzene rings is 1. The summed E-state index contributed by atoms with van der Waals surface area (Å²) >= 11 is 1.55. The Balaban J connectivity index is 2.30. The van der Waals surface area contributed by atoms with Crippen molar-refractivity contribution in [2.75, 3.05) is 12.9 Å². The van der Waals surface area contributed by atoms with E-state index in [1.165, 1.54) is 5.57 Å². The van der Waals surface area contributed by atoms with E-state index in [0.717, 1.165) is 17.1 Å². The summed E-state index contributed by atoms with van der Waals surface area (Å²) in [7, 11) is 1.67. The molecule has 0 unspecified atom stereocenters. The van der Waals surface area contributed by atoms with Gasteiger partial charge in [0, 0.05) is 12.0 Å². The van der Waals surface area contributed by atoms with E-state index in [2.05, 4.69) is 4.99 Å². The van der Waals surface area contributed by atoms with Gasteiger partial charge in [0.1, 0.15) is 5.75 Å². The normalized spacial score (nSPS) is 15.5. The summed E-state index contributed by atoms with van der Waals surface area (Å²) < 4.78 is 5.17. The first-order valence-electron chi connectivity index (χ1n) is 4.59. The van der Waals surface area contributed by atoms with Gasteiger partial charge in [-0.1, -0.05) is 23.9 Å². The average Bonchev–Trinajstić information content (AvgIpc) is 2.30. The molecule has 0 spiro atoms. The fourth-order valence-corrected chi connectivity index (χ4v) is 2.02. The van der Waals surface area contributed by atoms with Crippen molar-refractivity contribution in [2.24, 2.45) is 10.7 Å². The van der Waals surface area contributed by atoms with Crippen LogP contribution in [0, 0.1) is 0 Å². The molecule has 0 radical (unpaired) electrons. The quantitative estimate of drug-likeness (QED) is 0.830. The Kier molecular flexibility index (Phi) is 2.97. The Labute approximate surface area is 93.0 Å². The molecule has 0 fully saturated rings. The number of aliphatic imine (C=N–C) groups is 1. The van der Waals surface area contributed by atoms with Gasteiger partial charge in [-0.05, 0) is 23.3 Å². The SMILES string of the molecule is COc1cccc(C2=CN=C(N)SC2)c1. The van der Waals surface area contributed by atoms with Crippen molar-refractivity contribution < 1.29 is 4.74 Å². The van der Waals surface area contributed by atoms with Crippen molar-refractivity contribution in [3.63, 3.8) is 0 Å². The minimum absolute atomic E-state index is 0.627. The van der Waals surface area contributed by atoms with Crippen LogP contribution in [0.15, 0.2) is 35.5 Å². The van der Waals surface area contributed by atoms with Crippen LogP contribution in [-0.4, -0.2) is 18.0 Å². The smallest absolute Gasteiger partial charge is 0.158 e. The van der Waals surface area contributed by atoms with E-state index >= 15 is 0 Å². The van der Waals surface area contributed by atoms with Crippen LogP contribution in [0.1, 0.15) is 5.56 Å². The van der Waals surface area contributed by atoms with Crippen LogP contribution in [0.25, 0.3) is 5.57 Å². The number of nitrogens with zero attached hydrogens (tertiary/aromatic N) is 1. The molecule has 3 nitrogen and oxygen atoms in total. The van der Waals surface area contributed by atoms with Crippen molar-refractivity contribution in [3.8, 4) is 5.75 Å². The molecule has 2 rings (SSSR count). The Morgan fingerprint density at radius 3 is 3.00 bits per heavy atom. The lowest BCUT2D eigenvalue weighted by molar-refractivity contribution is 0.414. The van der Waals surface area contributed by atoms with E-state index in [4.69, 9.17) is 10.5 Å². The van der Waals surface area contributed by atoms with Crippen LogP contribution in [0.4, 0.5) is 0 Å². The summed E-state index contributed by atoms with van der Waals surface area (Å²) in [6, 6.07) is 7.95. The summed E-state index contributed by atoms with van der Waals surface area (Å²) in [6.45, 7) is 0. The van der Waals surface area contributed by atoms with Gasteiger partial charge in [0.2, 0.25) is 0 Å². The lowest BCUT2D eigenvalue weighted by Gasteiger charge is -2.11. The lowest BCUT2D eigenvalue weighted by atomic mass is 10.1. The molecule has 0 aliphatic carbocycles. The third kappa shape index (κ3) is 2.33. The van der Waals surface area contributed by atoms with Crippen LogP contribution in [0.3, 0.4) is 0 Å². The van der Waals surface area contributed by atoms with Gasteiger partial charge in [0.05, 0.1) is 7.11 Å². The second kappa shape index (κ2) is 4.40. The van der Waals surface area contributed by atoms with Crippen LogP contribution in [0.5, 0.6) is 5.75 Å². The van der Waals surface area contributed by atoms with E-state index in [0.29, 0.717) is 5.17 Å². The molecule has 4 heteroatoms. The van der Waals surface area contributed by atoms with E-state index in [-0.39, 0.29) is 0 Å². The number of hydrogen-bond acceptors (Lipinski definition) is 4. The van der Waals surface area contributed by atoms with Crippen molar-refractivity contribution in [1.82, 2.24) is 0 Å². The fourth-order valence-electron chi connectivity index (χ4n) is 1.35. The standard InChI is InChI=1S/C11H12N2OS/c1-14-10-4-2-3-8(5-10)9-6-13-11(12)15-7-9/h2-6H,7H2,1H3,(H2,12,13). The molecule has 2 N–H and O–H groups in total. The van der Waals surface area contributed by atoms with Crippen LogP contribution >= 0.6 is 11.8 Å². The zero-order chi connectivity index (χ0) is 10.7. The Morgan fingerprint density at radius 2 is 2.33 bits per heavy atom. The molecule has 15 heavy (non-hydrogen) atoms. The van der Waals surface area contributed by atoms with Gasteiger partial charge < -0.3 is 10.5 Å². The number of methoxy groups -OCH3 is 1. The first-order valence-corrected chi connectivity index (χ1v) is 5.57. The van der Waals surface area contributed by atoms with Crippen molar-refractivity contribution in [2.45, 2.75) is 0 Å². The Bertz CT molecular complexity index is 426. The lowest BCUT2D eigenvalue weighted by Crippen LogP contribution is -2.10. The first-order chi connectivity index (χ1) is 7.29. The Hall–Kier alpha value is -1.42. The average molecular weight is 220 g/mol. The number of nitrogens with two attached hydrogens (primary N) is 1. The molecule has 1 heterocycles. The van der Waals surface area contributed by atoms with E-state index in [1.54, 1.807) is 18.9 Å². The molecule has 0 saturated heterocycles.